The Labute approximate surface area is 88.1 Å². The second-order valence-electron chi connectivity index (χ2n) is 3.34. The average molecular weight is 232 g/mol. The smallest absolute Gasteiger partial charge is 0.413 e. The molecule has 0 spiro atoms. The van der Waals surface area contributed by atoms with E-state index in [0.29, 0.717) is 0 Å². The quantitative estimate of drug-likeness (QED) is 0.641. The fraction of sp³-hybridized carbons (Fsp3) is 0.222. The first-order chi connectivity index (χ1) is 7.38. The molecule has 1 unspecified atom stereocenters. The fourth-order valence-corrected chi connectivity index (χ4v) is 1.53. The van der Waals surface area contributed by atoms with Gasteiger partial charge < -0.3 is 15.7 Å². The van der Waals surface area contributed by atoms with Crippen molar-refractivity contribution in [3.05, 3.63) is 23.8 Å². The molecular formula is C9H7F3N2O2. The number of urea groups is 1. The Hall–Kier alpha value is -1.92. The monoisotopic (exact) mass is 232 g/mol. The van der Waals surface area contributed by atoms with Crippen molar-refractivity contribution in [3.8, 4) is 5.75 Å². The Morgan fingerprint density at radius 2 is 2.00 bits per heavy atom. The van der Waals surface area contributed by atoms with E-state index >= 15 is 0 Å². The minimum Gasteiger partial charge on any atom is -0.508 e. The highest BCUT2D eigenvalue weighted by atomic mass is 19.4. The molecule has 0 aliphatic carbocycles. The normalized spacial score (nSPS) is 19.7. The van der Waals surface area contributed by atoms with Crippen LogP contribution < -0.4 is 10.6 Å². The van der Waals surface area contributed by atoms with E-state index in [1.165, 1.54) is 0 Å². The number of anilines is 1. The molecule has 0 fully saturated rings. The van der Waals surface area contributed by atoms with Crippen molar-refractivity contribution in [2.45, 2.75) is 12.2 Å². The number of nitrogens with one attached hydrogen (secondary N) is 2. The van der Waals surface area contributed by atoms with Gasteiger partial charge in [-0.1, -0.05) is 6.07 Å². The number of alkyl halides is 3. The van der Waals surface area contributed by atoms with Gasteiger partial charge in [0, 0.05) is 11.6 Å². The van der Waals surface area contributed by atoms with Crippen LogP contribution in [-0.4, -0.2) is 17.3 Å². The van der Waals surface area contributed by atoms with Crippen LogP contribution in [0.4, 0.5) is 23.7 Å². The Kier molecular flexibility index (Phi) is 2.18. The number of hydrogen-bond donors (Lipinski definition) is 3. The van der Waals surface area contributed by atoms with Crippen molar-refractivity contribution in [1.82, 2.24) is 5.32 Å². The number of carbonyl (C=O) groups is 1. The van der Waals surface area contributed by atoms with Gasteiger partial charge in [-0.25, -0.2) is 4.79 Å². The van der Waals surface area contributed by atoms with Gasteiger partial charge in [0.25, 0.3) is 0 Å². The van der Waals surface area contributed by atoms with Gasteiger partial charge >= 0.3 is 12.2 Å². The van der Waals surface area contributed by atoms with Crippen molar-refractivity contribution >= 4 is 11.7 Å². The molecule has 86 valence electrons. The first-order valence-electron chi connectivity index (χ1n) is 4.35. The minimum atomic E-state index is -4.57. The summed E-state index contributed by atoms with van der Waals surface area (Å²) in [6, 6.07) is 0.344. The van der Waals surface area contributed by atoms with Crippen LogP contribution in [0.25, 0.3) is 0 Å². The summed E-state index contributed by atoms with van der Waals surface area (Å²) in [6.07, 6.45) is -4.57. The number of phenolic OH excluding ortho intramolecular Hbond substituents is 1. The lowest BCUT2D eigenvalue weighted by Crippen LogP contribution is -2.44. The third kappa shape index (κ3) is 1.75. The number of fused-ring (bicyclic) bond motifs is 1. The molecule has 1 atom stereocenters. The van der Waals surface area contributed by atoms with Gasteiger partial charge in [0.15, 0.2) is 6.04 Å². The predicted octanol–water partition coefficient (Wildman–Crippen LogP) is 2.13. The molecule has 1 aliphatic rings. The van der Waals surface area contributed by atoms with Crippen LogP contribution in [0.1, 0.15) is 11.6 Å². The Morgan fingerprint density at radius 3 is 2.62 bits per heavy atom. The molecule has 4 nitrogen and oxygen atoms in total. The lowest BCUT2D eigenvalue weighted by Gasteiger charge is -2.28. The number of aromatic hydroxyl groups is 1. The van der Waals surface area contributed by atoms with E-state index in [2.05, 4.69) is 5.32 Å². The third-order valence-electron chi connectivity index (χ3n) is 2.20. The Balaban J connectivity index is 2.50. The number of benzene rings is 1. The maximum absolute atomic E-state index is 12.6. The molecule has 1 aromatic rings. The van der Waals surface area contributed by atoms with E-state index in [4.69, 9.17) is 5.11 Å². The van der Waals surface area contributed by atoms with Gasteiger partial charge in [-0.3, -0.25) is 0 Å². The Morgan fingerprint density at radius 1 is 1.31 bits per heavy atom. The van der Waals surface area contributed by atoms with Crippen LogP contribution in [0.5, 0.6) is 5.75 Å². The summed E-state index contributed by atoms with van der Waals surface area (Å²) >= 11 is 0. The topological polar surface area (TPSA) is 61.4 Å². The first-order valence-corrected chi connectivity index (χ1v) is 4.35. The summed E-state index contributed by atoms with van der Waals surface area (Å²) in [5.41, 5.74) is -0.157. The molecule has 0 saturated heterocycles. The molecule has 2 rings (SSSR count). The summed E-state index contributed by atoms with van der Waals surface area (Å²) in [4.78, 5) is 11.0. The number of hydrogen-bond acceptors (Lipinski definition) is 2. The Bertz CT molecular complexity index is 445. The van der Waals surface area contributed by atoms with Crippen LogP contribution in [0, 0.1) is 0 Å². The lowest BCUT2D eigenvalue weighted by molar-refractivity contribution is -0.155. The molecule has 7 heteroatoms. The SMILES string of the molecule is O=C1Nc2cc(O)ccc2C(C(F)(F)F)N1. The molecule has 1 aromatic carbocycles. The molecule has 0 saturated carbocycles. The maximum atomic E-state index is 12.6. The van der Waals surface area contributed by atoms with Gasteiger partial charge in [0.05, 0.1) is 5.69 Å². The number of halogens is 3. The van der Waals surface area contributed by atoms with Crippen LogP contribution in [0.2, 0.25) is 0 Å². The van der Waals surface area contributed by atoms with E-state index in [-0.39, 0.29) is 17.0 Å². The highest BCUT2D eigenvalue weighted by molar-refractivity contribution is 5.93. The van der Waals surface area contributed by atoms with E-state index in [9.17, 15) is 18.0 Å². The van der Waals surface area contributed by atoms with Crippen LogP contribution >= 0.6 is 0 Å². The summed E-state index contributed by atoms with van der Waals surface area (Å²) in [7, 11) is 0. The zero-order valence-corrected chi connectivity index (χ0v) is 7.80. The predicted molar refractivity (Wildman–Crippen MR) is 49.1 cm³/mol. The molecule has 0 radical (unpaired) electrons. The zero-order chi connectivity index (χ0) is 11.9. The molecule has 1 aliphatic heterocycles. The molecule has 2 amide bonds. The van der Waals surface area contributed by atoms with Crippen molar-refractivity contribution in [1.29, 1.82) is 0 Å². The first kappa shape index (κ1) is 10.6. The molecule has 1 heterocycles. The summed E-state index contributed by atoms with van der Waals surface area (Å²) in [6.45, 7) is 0. The third-order valence-corrected chi connectivity index (χ3v) is 2.20. The van der Waals surface area contributed by atoms with Crippen LogP contribution in [0.3, 0.4) is 0 Å². The van der Waals surface area contributed by atoms with Gasteiger partial charge in [-0.15, -0.1) is 0 Å². The fourth-order valence-electron chi connectivity index (χ4n) is 1.53. The van der Waals surface area contributed by atoms with Crippen molar-refractivity contribution in [3.63, 3.8) is 0 Å². The van der Waals surface area contributed by atoms with Gasteiger partial charge in [-0.05, 0) is 6.07 Å². The summed E-state index contributed by atoms with van der Waals surface area (Å²) in [5, 5.41) is 13.1. The van der Waals surface area contributed by atoms with Crippen molar-refractivity contribution < 1.29 is 23.1 Å². The van der Waals surface area contributed by atoms with Gasteiger partial charge in [-0.2, -0.15) is 13.2 Å². The van der Waals surface area contributed by atoms with Crippen molar-refractivity contribution in [2.75, 3.05) is 5.32 Å². The molecule has 16 heavy (non-hydrogen) atoms. The maximum Gasteiger partial charge on any atom is 0.413 e. The second-order valence-corrected chi connectivity index (χ2v) is 3.34. The lowest BCUT2D eigenvalue weighted by atomic mass is 10.0. The highest BCUT2D eigenvalue weighted by Crippen LogP contribution is 2.39. The molecule has 0 aromatic heterocycles. The van der Waals surface area contributed by atoms with Crippen molar-refractivity contribution in [2.24, 2.45) is 0 Å². The highest BCUT2D eigenvalue weighted by Gasteiger charge is 2.45. The standard InChI is InChI=1S/C9H7F3N2O2/c10-9(11,12)7-5-2-1-4(15)3-6(5)13-8(16)14-7/h1-3,7,15H,(H2,13,14,16). The zero-order valence-electron chi connectivity index (χ0n) is 7.80. The number of phenols is 1. The largest absolute Gasteiger partial charge is 0.508 e. The van der Waals surface area contributed by atoms with E-state index < -0.39 is 18.2 Å². The molecular weight excluding hydrogens is 225 g/mol. The molecule has 3 N–H and O–H groups in total. The van der Waals surface area contributed by atoms with E-state index in [1.54, 1.807) is 5.32 Å². The van der Waals surface area contributed by atoms with E-state index in [0.717, 1.165) is 18.2 Å². The summed E-state index contributed by atoms with van der Waals surface area (Å²) in [5.74, 6) is -0.207. The van der Waals surface area contributed by atoms with E-state index in [1.807, 2.05) is 0 Å². The van der Waals surface area contributed by atoms with Crippen LogP contribution in [-0.2, 0) is 0 Å². The average Bonchev–Trinajstić information content (AvgIpc) is 2.14. The number of amides is 2. The van der Waals surface area contributed by atoms with Crippen LogP contribution in [0.15, 0.2) is 18.2 Å². The minimum absolute atomic E-state index is 0.0360. The summed E-state index contributed by atoms with van der Waals surface area (Å²) < 4.78 is 37.8. The number of carbonyl (C=O) groups excluding carboxylic acids is 1. The number of rotatable bonds is 0. The van der Waals surface area contributed by atoms with Gasteiger partial charge in [0.2, 0.25) is 0 Å². The van der Waals surface area contributed by atoms with Gasteiger partial charge in [0.1, 0.15) is 5.75 Å². The second kappa shape index (κ2) is 3.29. The molecule has 0 bridgehead atoms.